The molecule has 1 aliphatic heterocycles. The molecule has 132 valence electrons. The maximum atomic E-state index is 10.6. The largest absolute Gasteiger partial charge is 0.376 e. The van der Waals surface area contributed by atoms with Crippen LogP contribution in [0.2, 0.25) is 0 Å². The predicted octanol–water partition coefficient (Wildman–Crippen LogP) is 3.80. The molecule has 0 spiro atoms. The zero-order chi connectivity index (χ0) is 17.6. The Kier molecular flexibility index (Phi) is 6.86. The van der Waals surface area contributed by atoms with E-state index in [9.17, 15) is 5.11 Å². The molecule has 1 N–H and O–H groups in total. The zero-order valence-corrected chi connectivity index (χ0v) is 15.3. The van der Waals surface area contributed by atoms with E-state index in [0.717, 1.165) is 12.8 Å². The third kappa shape index (κ3) is 5.08. The molecular formula is C21H30O3. The molecule has 3 heteroatoms. The van der Waals surface area contributed by atoms with E-state index in [1.54, 1.807) is 13.8 Å². The van der Waals surface area contributed by atoms with E-state index >= 15 is 0 Å². The molecule has 0 aliphatic carbocycles. The van der Waals surface area contributed by atoms with Crippen molar-refractivity contribution in [2.24, 2.45) is 11.8 Å². The van der Waals surface area contributed by atoms with Crippen LogP contribution in [0.15, 0.2) is 30.3 Å². The first-order chi connectivity index (χ1) is 11.4. The van der Waals surface area contributed by atoms with E-state index in [1.807, 2.05) is 18.2 Å². The fourth-order valence-corrected chi connectivity index (χ4v) is 3.44. The van der Waals surface area contributed by atoms with Crippen LogP contribution in [0.3, 0.4) is 0 Å². The first-order valence-corrected chi connectivity index (χ1v) is 8.87. The Morgan fingerprint density at radius 1 is 1.33 bits per heavy atom. The first kappa shape index (κ1) is 19.0. The molecule has 0 aromatic heterocycles. The maximum absolute atomic E-state index is 10.6. The van der Waals surface area contributed by atoms with Crippen LogP contribution in [-0.4, -0.2) is 29.5 Å². The van der Waals surface area contributed by atoms with Gasteiger partial charge in [0, 0.05) is 5.92 Å². The second kappa shape index (κ2) is 8.67. The lowest BCUT2D eigenvalue weighted by Gasteiger charge is -2.42. The quantitative estimate of drug-likeness (QED) is 0.807. The van der Waals surface area contributed by atoms with Crippen molar-refractivity contribution in [2.45, 2.75) is 65.0 Å². The topological polar surface area (TPSA) is 38.7 Å². The summed E-state index contributed by atoms with van der Waals surface area (Å²) in [4.78, 5) is 0. The Bertz CT molecular complexity index is 555. The molecule has 24 heavy (non-hydrogen) atoms. The normalized spacial score (nSPS) is 27.6. The number of benzene rings is 1. The van der Waals surface area contributed by atoms with Crippen molar-refractivity contribution >= 4 is 0 Å². The van der Waals surface area contributed by atoms with Gasteiger partial charge < -0.3 is 14.6 Å². The Labute approximate surface area is 146 Å². The monoisotopic (exact) mass is 330 g/mol. The van der Waals surface area contributed by atoms with Crippen molar-refractivity contribution in [1.82, 2.24) is 0 Å². The van der Waals surface area contributed by atoms with Gasteiger partial charge in [0.15, 0.2) is 0 Å². The van der Waals surface area contributed by atoms with E-state index in [2.05, 4.69) is 37.8 Å². The van der Waals surface area contributed by atoms with Crippen LogP contribution in [0.25, 0.3) is 0 Å². The molecule has 0 bridgehead atoms. The summed E-state index contributed by atoms with van der Waals surface area (Å²) in [6.45, 7) is 9.06. The molecule has 0 radical (unpaired) electrons. The van der Waals surface area contributed by atoms with Gasteiger partial charge in [0.25, 0.3) is 0 Å². The first-order valence-electron chi connectivity index (χ1n) is 8.87. The summed E-state index contributed by atoms with van der Waals surface area (Å²) in [7, 11) is 0. The van der Waals surface area contributed by atoms with Crippen molar-refractivity contribution in [3.8, 4) is 11.8 Å². The third-order valence-corrected chi connectivity index (χ3v) is 4.80. The van der Waals surface area contributed by atoms with E-state index in [4.69, 9.17) is 9.47 Å². The predicted molar refractivity (Wildman–Crippen MR) is 96.4 cm³/mol. The lowest BCUT2D eigenvalue weighted by atomic mass is 9.82. The summed E-state index contributed by atoms with van der Waals surface area (Å²) in [5.74, 6) is 6.30. The van der Waals surface area contributed by atoms with Crippen molar-refractivity contribution in [3.63, 3.8) is 0 Å². The lowest BCUT2D eigenvalue weighted by molar-refractivity contribution is -0.168. The number of hydrogen-bond donors (Lipinski definition) is 1. The molecule has 5 atom stereocenters. The summed E-state index contributed by atoms with van der Waals surface area (Å²) in [5.41, 5.74) is 0.0826. The average molecular weight is 330 g/mol. The van der Waals surface area contributed by atoms with Gasteiger partial charge in [-0.1, -0.05) is 50.1 Å². The van der Waals surface area contributed by atoms with Crippen LogP contribution in [0.5, 0.6) is 0 Å². The molecule has 0 amide bonds. The second-order valence-corrected chi connectivity index (χ2v) is 7.15. The molecule has 1 aromatic rings. The maximum Gasteiger partial charge on any atom is 0.148 e. The zero-order valence-electron chi connectivity index (χ0n) is 15.3. The van der Waals surface area contributed by atoms with Gasteiger partial charge in [0.1, 0.15) is 11.7 Å². The molecule has 1 saturated heterocycles. The Hall–Kier alpha value is -1.34. The van der Waals surface area contributed by atoms with Gasteiger partial charge in [-0.2, -0.15) is 0 Å². The number of aliphatic hydroxyl groups is 1. The highest BCUT2D eigenvalue weighted by Gasteiger charge is 2.41. The Morgan fingerprint density at radius 3 is 2.71 bits per heavy atom. The lowest BCUT2D eigenvalue weighted by Crippen LogP contribution is -2.50. The summed E-state index contributed by atoms with van der Waals surface area (Å²) < 4.78 is 12.1. The van der Waals surface area contributed by atoms with Gasteiger partial charge in [-0.3, -0.25) is 0 Å². The van der Waals surface area contributed by atoms with Crippen molar-refractivity contribution in [3.05, 3.63) is 35.9 Å². The fraction of sp³-hybridized carbons (Fsp3) is 0.619. The van der Waals surface area contributed by atoms with E-state index in [0.29, 0.717) is 19.1 Å². The van der Waals surface area contributed by atoms with Gasteiger partial charge in [-0.05, 0) is 38.2 Å². The van der Waals surface area contributed by atoms with Gasteiger partial charge in [0.05, 0.1) is 19.3 Å². The molecule has 2 rings (SSSR count). The van der Waals surface area contributed by atoms with Gasteiger partial charge >= 0.3 is 0 Å². The highest BCUT2D eigenvalue weighted by molar-refractivity contribution is 5.15. The SMILES string of the molecule is CC#C[C@@](C)(O)[C@H]1O[C@H]([C@H](C)COCc2ccccc2)CC[C@@H]1C. The minimum absolute atomic E-state index is 0.104. The molecular weight excluding hydrogens is 300 g/mol. The Balaban J connectivity index is 1.87. The molecule has 1 aliphatic rings. The van der Waals surface area contributed by atoms with Crippen LogP contribution in [0.1, 0.15) is 46.1 Å². The highest BCUT2D eigenvalue weighted by atomic mass is 16.5. The molecule has 1 aromatic carbocycles. The Morgan fingerprint density at radius 2 is 2.04 bits per heavy atom. The van der Waals surface area contributed by atoms with Gasteiger partial charge in [0.2, 0.25) is 0 Å². The summed E-state index contributed by atoms with van der Waals surface area (Å²) >= 11 is 0. The molecule has 1 fully saturated rings. The van der Waals surface area contributed by atoms with Crippen LogP contribution < -0.4 is 0 Å². The van der Waals surface area contributed by atoms with Crippen molar-refractivity contribution in [2.75, 3.05) is 6.61 Å². The van der Waals surface area contributed by atoms with E-state index in [1.165, 1.54) is 5.56 Å². The summed E-state index contributed by atoms with van der Waals surface area (Å²) in [6.07, 6.45) is 1.90. The number of hydrogen-bond acceptors (Lipinski definition) is 3. The second-order valence-electron chi connectivity index (χ2n) is 7.15. The van der Waals surface area contributed by atoms with Crippen molar-refractivity contribution in [1.29, 1.82) is 0 Å². The van der Waals surface area contributed by atoms with Gasteiger partial charge in [-0.25, -0.2) is 0 Å². The average Bonchev–Trinajstić information content (AvgIpc) is 2.56. The standard InChI is InChI=1S/C21H30O3/c1-5-13-21(4,22)20-16(2)11-12-19(24-20)17(3)14-23-15-18-9-7-6-8-10-18/h6-10,16-17,19-20,22H,11-12,14-15H2,1-4H3/t16-,17+,19-,20-,21+/m0/s1. The summed E-state index contributed by atoms with van der Waals surface area (Å²) in [6, 6.07) is 10.2. The summed E-state index contributed by atoms with van der Waals surface area (Å²) in [5, 5.41) is 10.6. The minimum atomic E-state index is -1.10. The van der Waals surface area contributed by atoms with E-state index in [-0.39, 0.29) is 18.1 Å². The molecule has 0 unspecified atom stereocenters. The van der Waals surface area contributed by atoms with Crippen LogP contribution >= 0.6 is 0 Å². The molecule has 3 nitrogen and oxygen atoms in total. The number of rotatable bonds is 6. The van der Waals surface area contributed by atoms with Crippen LogP contribution in [0.4, 0.5) is 0 Å². The smallest absolute Gasteiger partial charge is 0.148 e. The van der Waals surface area contributed by atoms with Crippen LogP contribution in [-0.2, 0) is 16.1 Å². The number of ether oxygens (including phenoxy) is 2. The molecule has 0 saturated carbocycles. The van der Waals surface area contributed by atoms with Gasteiger partial charge in [-0.15, -0.1) is 5.92 Å². The van der Waals surface area contributed by atoms with Crippen LogP contribution in [0, 0.1) is 23.7 Å². The van der Waals surface area contributed by atoms with E-state index < -0.39 is 5.60 Å². The minimum Gasteiger partial charge on any atom is -0.376 e. The third-order valence-electron chi connectivity index (χ3n) is 4.80. The fourth-order valence-electron chi connectivity index (χ4n) is 3.44. The van der Waals surface area contributed by atoms with Crippen molar-refractivity contribution < 1.29 is 14.6 Å². The molecule has 1 heterocycles. The highest BCUT2D eigenvalue weighted by Crippen LogP contribution is 2.34.